The number of rotatable bonds is 5. The molecule has 0 saturated carbocycles. The fourth-order valence-corrected chi connectivity index (χ4v) is 1.59. The molecule has 0 spiro atoms. The fourth-order valence-electron chi connectivity index (χ4n) is 1.35. The molecular formula is C12H16ClN3. The van der Waals surface area contributed by atoms with Gasteiger partial charge in [-0.25, -0.2) is 0 Å². The topological polar surface area (TPSA) is 39.1 Å². The molecule has 0 aliphatic rings. The average Bonchev–Trinajstić information content (AvgIpc) is 2.25. The van der Waals surface area contributed by atoms with E-state index in [-0.39, 0.29) is 0 Å². The molecule has 1 N–H and O–H groups in total. The number of nitriles is 1. The van der Waals surface area contributed by atoms with E-state index >= 15 is 0 Å². The minimum atomic E-state index is 0.587. The molecule has 0 radical (unpaired) electrons. The van der Waals surface area contributed by atoms with Gasteiger partial charge in [0, 0.05) is 6.54 Å². The third-order valence-electron chi connectivity index (χ3n) is 2.20. The lowest BCUT2D eigenvalue weighted by Gasteiger charge is -2.11. The van der Waals surface area contributed by atoms with Crippen molar-refractivity contribution in [3.05, 3.63) is 28.8 Å². The standard InChI is InChI=1S/C12H16ClN3/c1-16(2)7-3-6-15-12-5-4-10(9-14)8-11(12)13/h4-5,8,15H,3,6-7H2,1-2H3. The predicted molar refractivity (Wildman–Crippen MR) is 67.8 cm³/mol. The first-order valence-corrected chi connectivity index (χ1v) is 5.59. The highest BCUT2D eigenvalue weighted by Gasteiger charge is 2.00. The van der Waals surface area contributed by atoms with E-state index in [0.29, 0.717) is 10.6 Å². The smallest absolute Gasteiger partial charge is 0.0992 e. The molecule has 3 nitrogen and oxygen atoms in total. The average molecular weight is 238 g/mol. The Morgan fingerprint density at radius 3 is 2.75 bits per heavy atom. The molecule has 4 heteroatoms. The lowest BCUT2D eigenvalue weighted by molar-refractivity contribution is 0.405. The van der Waals surface area contributed by atoms with E-state index in [0.717, 1.165) is 25.2 Å². The highest BCUT2D eigenvalue weighted by atomic mass is 35.5. The molecular weight excluding hydrogens is 222 g/mol. The zero-order valence-electron chi connectivity index (χ0n) is 9.63. The van der Waals surface area contributed by atoms with Crippen LogP contribution in [0.2, 0.25) is 5.02 Å². The first-order valence-electron chi connectivity index (χ1n) is 5.21. The molecule has 0 unspecified atom stereocenters. The van der Waals surface area contributed by atoms with Crippen molar-refractivity contribution in [3.63, 3.8) is 0 Å². The molecule has 0 aliphatic heterocycles. The largest absolute Gasteiger partial charge is 0.384 e. The van der Waals surface area contributed by atoms with Gasteiger partial charge in [-0.15, -0.1) is 0 Å². The third-order valence-corrected chi connectivity index (χ3v) is 2.51. The zero-order valence-corrected chi connectivity index (χ0v) is 10.4. The third kappa shape index (κ3) is 4.09. The number of benzene rings is 1. The number of hydrogen-bond acceptors (Lipinski definition) is 3. The number of anilines is 1. The molecule has 86 valence electrons. The van der Waals surface area contributed by atoms with Crippen LogP contribution < -0.4 is 5.32 Å². The van der Waals surface area contributed by atoms with Crippen LogP contribution in [0.25, 0.3) is 0 Å². The molecule has 0 aliphatic carbocycles. The van der Waals surface area contributed by atoms with Crippen LogP contribution in [0.1, 0.15) is 12.0 Å². The fraction of sp³-hybridized carbons (Fsp3) is 0.417. The molecule has 16 heavy (non-hydrogen) atoms. The maximum atomic E-state index is 8.69. The second-order valence-electron chi connectivity index (χ2n) is 3.89. The number of hydrogen-bond donors (Lipinski definition) is 1. The molecule has 0 heterocycles. The summed E-state index contributed by atoms with van der Waals surface area (Å²) in [6.45, 7) is 1.92. The Balaban J connectivity index is 2.46. The molecule has 1 aromatic rings. The Bertz CT molecular complexity index is 382. The Kier molecular flexibility index (Phi) is 5.10. The van der Waals surface area contributed by atoms with Gasteiger partial charge in [0.25, 0.3) is 0 Å². The van der Waals surface area contributed by atoms with Crippen molar-refractivity contribution in [1.29, 1.82) is 5.26 Å². The highest BCUT2D eigenvalue weighted by Crippen LogP contribution is 2.22. The maximum Gasteiger partial charge on any atom is 0.0992 e. The summed E-state index contributed by atoms with van der Waals surface area (Å²) in [5.41, 5.74) is 1.48. The molecule has 1 rings (SSSR count). The lowest BCUT2D eigenvalue weighted by atomic mass is 10.2. The van der Waals surface area contributed by atoms with Crippen molar-refractivity contribution in [1.82, 2.24) is 4.90 Å². The molecule has 0 amide bonds. The van der Waals surface area contributed by atoms with Crippen LogP contribution in [0, 0.1) is 11.3 Å². The number of halogens is 1. The molecule has 0 aromatic heterocycles. The van der Waals surface area contributed by atoms with Crippen LogP contribution in [0.5, 0.6) is 0 Å². The summed E-state index contributed by atoms with van der Waals surface area (Å²) >= 11 is 6.03. The van der Waals surface area contributed by atoms with Gasteiger partial charge in [0.05, 0.1) is 22.3 Å². The normalized spacial score (nSPS) is 10.2. The summed E-state index contributed by atoms with van der Waals surface area (Å²) in [5.74, 6) is 0. The monoisotopic (exact) mass is 237 g/mol. The second kappa shape index (κ2) is 6.37. The van der Waals surface area contributed by atoms with Crippen molar-refractivity contribution in [3.8, 4) is 6.07 Å². The Morgan fingerprint density at radius 2 is 2.19 bits per heavy atom. The summed E-state index contributed by atoms with van der Waals surface area (Å²) in [6.07, 6.45) is 1.06. The predicted octanol–water partition coefficient (Wildman–Crippen LogP) is 2.58. The molecule has 0 saturated heterocycles. The SMILES string of the molecule is CN(C)CCCNc1ccc(C#N)cc1Cl. The van der Waals surface area contributed by atoms with Crippen LogP contribution in [-0.2, 0) is 0 Å². The Hall–Kier alpha value is -1.24. The van der Waals surface area contributed by atoms with Gasteiger partial charge in [-0.2, -0.15) is 5.26 Å². The minimum absolute atomic E-state index is 0.587. The number of nitrogens with one attached hydrogen (secondary N) is 1. The minimum Gasteiger partial charge on any atom is -0.384 e. The van der Waals surface area contributed by atoms with Crippen LogP contribution in [0.4, 0.5) is 5.69 Å². The van der Waals surface area contributed by atoms with Crippen LogP contribution in [0.3, 0.4) is 0 Å². The summed E-state index contributed by atoms with van der Waals surface area (Å²) in [4.78, 5) is 2.14. The second-order valence-corrected chi connectivity index (χ2v) is 4.30. The van der Waals surface area contributed by atoms with E-state index in [2.05, 4.69) is 30.4 Å². The van der Waals surface area contributed by atoms with Gasteiger partial charge in [0.1, 0.15) is 0 Å². The van der Waals surface area contributed by atoms with Gasteiger partial charge in [-0.3, -0.25) is 0 Å². The van der Waals surface area contributed by atoms with E-state index in [9.17, 15) is 0 Å². The van der Waals surface area contributed by atoms with Gasteiger partial charge in [-0.1, -0.05) is 11.6 Å². The zero-order chi connectivity index (χ0) is 12.0. The quantitative estimate of drug-likeness (QED) is 0.801. The Labute approximate surface area is 102 Å². The summed E-state index contributed by atoms with van der Waals surface area (Å²) in [5, 5.41) is 12.5. The van der Waals surface area contributed by atoms with Crippen molar-refractivity contribution < 1.29 is 0 Å². The number of nitrogens with zero attached hydrogens (tertiary/aromatic N) is 2. The van der Waals surface area contributed by atoms with Crippen LogP contribution in [-0.4, -0.2) is 32.1 Å². The lowest BCUT2D eigenvalue weighted by Crippen LogP contribution is -2.16. The van der Waals surface area contributed by atoms with E-state index < -0.39 is 0 Å². The summed E-state index contributed by atoms with van der Waals surface area (Å²) in [6, 6.07) is 7.34. The van der Waals surface area contributed by atoms with E-state index in [1.54, 1.807) is 12.1 Å². The van der Waals surface area contributed by atoms with Crippen LogP contribution >= 0.6 is 11.6 Å². The van der Waals surface area contributed by atoms with E-state index in [1.165, 1.54) is 0 Å². The molecule has 0 bridgehead atoms. The van der Waals surface area contributed by atoms with Gasteiger partial charge >= 0.3 is 0 Å². The van der Waals surface area contributed by atoms with Gasteiger partial charge in [-0.05, 0) is 45.3 Å². The van der Waals surface area contributed by atoms with Gasteiger partial charge < -0.3 is 10.2 Å². The molecule has 0 fully saturated rings. The van der Waals surface area contributed by atoms with Gasteiger partial charge in [0.2, 0.25) is 0 Å². The Morgan fingerprint density at radius 1 is 1.44 bits per heavy atom. The maximum absolute atomic E-state index is 8.69. The first kappa shape index (κ1) is 12.8. The van der Waals surface area contributed by atoms with E-state index in [4.69, 9.17) is 16.9 Å². The first-order chi connectivity index (χ1) is 7.63. The van der Waals surface area contributed by atoms with Crippen LogP contribution in [0.15, 0.2) is 18.2 Å². The van der Waals surface area contributed by atoms with E-state index in [1.807, 2.05) is 6.07 Å². The van der Waals surface area contributed by atoms with Crippen molar-refractivity contribution in [2.45, 2.75) is 6.42 Å². The summed E-state index contributed by atoms with van der Waals surface area (Å²) < 4.78 is 0. The van der Waals surface area contributed by atoms with Crippen molar-refractivity contribution >= 4 is 17.3 Å². The van der Waals surface area contributed by atoms with Gasteiger partial charge in [0.15, 0.2) is 0 Å². The van der Waals surface area contributed by atoms with Crippen molar-refractivity contribution in [2.75, 3.05) is 32.5 Å². The van der Waals surface area contributed by atoms with Crippen molar-refractivity contribution in [2.24, 2.45) is 0 Å². The summed E-state index contributed by atoms with van der Waals surface area (Å²) in [7, 11) is 4.10. The molecule has 1 aromatic carbocycles. The molecule has 0 atom stereocenters. The highest BCUT2D eigenvalue weighted by molar-refractivity contribution is 6.33.